The number of aliphatic imine (C=N–C) groups is 1. The summed E-state index contributed by atoms with van der Waals surface area (Å²) >= 11 is 3.71. The average Bonchev–Trinajstić information content (AvgIpc) is 3.44. The van der Waals surface area contributed by atoms with E-state index in [-0.39, 0.29) is 76.5 Å². The van der Waals surface area contributed by atoms with Crippen LogP contribution in [-0.4, -0.2) is 78.1 Å². The van der Waals surface area contributed by atoms with E-state index in [0.717, 1.165) is 33.4 Å². The third-order valence-corrected chi connectivity index (χ3v) is 9.49. The Kier molecular flexibility index (Phi) is 11.7. The SMILES string of the molecule is Nc1nc(/C(=N/OCc2cc(=O)c(O)c[nH]2)C([O-])=N[C@@H]2C(=O)N3C(C(=O)[O-])=C(CSc4cc[n+](CCO)cc4)CS[C@H]23)cs1.[Na+]. The summed E-state index contributed by atoms with van der Waals surface area (Å²) in [5.41, 5.74) is 5.32. The number of rotatable bonds is 12. The Morgan fingerprint density at radius 1 is 1.31 bits per heavy atom. The molecule has 2 atom stereocenters. The molecule has 19 heteroatoms. The van der Waals surface area contributed by atoms with Gasteiger partial charge in [-0.2, -0.15) is 0 Å². The first-order chi connectivity index (χ1) is 21.2. The number of amides is 1. The van der Waals surface area contributed by atoms with E-state index < -0.39 is 40.4 Å². The van der Waals surface area contributed by atoms with Gasteiger partial charge in [0.2, 0.25) is 5.43 Å². The molecule has 2 aliphatic heterocycles. The van der Waals surface area contributed by atoms with Crippen LogP contribution >= 0.6 is 34.9 Å². The molecule has 0 aliphatic carbocycles. The number of hydrogen-bond donors (Lipinski definition) is 4. The van der Waals surface area contributed by atoms with Crippen LogP contribution in [0.25, 0.3) is 0 Å². The first-order valence-corrected chi connectivity index (χ1v) is 15.8. The maximum Gasteiger partial charge on any atom is 1.00 e. The number of nitrogens with two attached hydrogens (primary N) is 1. The Hall–Kier alpha value is -3.39. The Morgan fingerprint density at radius 3 is 2.71 bits per heavy atom. The van der Waals surface area contributed by atoms with Gasteiger partial charge in [0.25, 0.3) is 5.91 Å². The van der Waals surface area contributed by atoms with Gasteiger partial charge in [-0.25, -0.2) is 9.55 Å². The van der Waals surface area contributed by atoms with Gasteiger partial charge in [-0.1, -0.05) is 5.16 Å². The van der Waals surface area contributed by atoms with Gasteiger partial charge in [-0.3, -0.25) is 19.5 Å². The molecule has 5 rings (SSSR count). The molecule has 5 N–H and O–H groups in total. The van der Waals surface area contributed by atoms with E-state index in [1.807, 2.05) is 16.7 Å². The minimum absolute atomic E-state index is 0. The number of fused-ring (bicyclic) bond motifs is 1. The number of aliphatic hydroxyl groups excluding tert-OH is 1. The predicted molar refractivity (Wildman–Crippen MR) is 157 cm³/mol. The Balaban J connectivity index is 0.00000461. The minimum Gasteiger partial charge on any atom is -0.857 e. The van der Waals surface area contributed by atoms with Crippen molar-refractivity contribution in [3.05, 3.63) is 75.1 Å². The van der Waals surface area contributed by atoms with Gasteiger partial charge >= 0.3 is 29.6 Å². The van der Waals surface area contributed by atoms with E-state index in [9.17, 15) is 29.7 Å². The number of anilines is 1. The van der Waals surface area contributed by atoms with Crippen molar-refractivity contribution in [2.75, 3.05) is 23.8 Å². The number of oxime groups is 1. The number of aromatic nitrogens is 3. The summed E-state index contributed by atoms with van der Waals surface area (Å²) in [6.45, 7) is 0.188. The second kappa shape index (κ2) is 15.3. The van der Waals surface area contributed by atoms with E-state index in [2.05, 4.69) is 20.1 Å². The zero-order valence-electron chi connectivity index (χ0n) is 23.6. The van der Waals surface area contributed by atoms with Crippen molar-refractivity contribution >= 4 is 63.5 Å². The summed E-state index contributed by atoms with van der Waals surface area (Å²) in [5, 5.41) is 48.5. The van der Waals surface area contributed by atoms with E-state index >= 15 is 0 Å². The van der Waals surface area contributed by atoms with Crippen LogP contribution in [0.2, 0.25) is 0 Å². The molecule has 1 amide bonds. The van der Waals surface area contributed by atoms with Crippen LogP contribution in [0.1, 0.15) is 11.4 Å². The number of carboxylic acids is 1. The minimum atomic E-state index is -1.50. The van der Waals surface area contributed by atoms with Crippen molar-refractivity contribution in [2.45, 2.75) is 29.5 Å². The zero-order valence-corrected chi connectivity index (χ0v) is 28.1. The van der Waals surface area contributed by atoms with Crippen molar-refractivity contribution < 1.29 is 69.0 Å². The molecule has 1 fully saturated rings. The van der Waals surface area contributed by atoms with Gasteiger partial charge in [-0.15, -0.1) is 34.9 Å². The Labute approximate surface area is 289 Å². The second-order valence-electron chi connectivity index (χ2n) is 9.30. The van der Waals surface area contributed by atoms with Crippen molar-refractivity contribution in [3.63, 3.8) is 0 Å². The van der Waals surface area contributed by atoms with Gasteiger partial charge in [-0.05, 0) is 5.57 Å². The van der Waals surface area contributed by atoms with Crippen LogP contribution in [0.15, 0.2) is 73.3 Å². The van der Waals surface area contributed by atoms with Crippen molar-refractivity contribution in [1.29, 1.82) is 0 Å². The molecule has 0 saturated carbocycles. The molecule has 45 heavy (non-hydrogen) atoms. The Morgan fingerprint density at radius 2 is 2.07 bits per heavy atom. The number of carbonyl (C=O) groups is 2. The molecule has 1 saturated heterocycles. The Bertz CT molecular complexity index is 1730. The molecule has 3 aromatic rings. The number of thioether (sulfide) groups is 2. The number of β-lactam (4-membered cyclic amide) rings is 1. The number of pyridine rings is 2. The predicted octanol–water partition coefficient (Wildman–Crippen LogP) is -4.84. The zero-order chi connectivity index (χ0) is 31.4. The molecule has 0 radical (unpaired) electrons. The van der Waals surface area contributed by atoms with Crippen molar-refractivity contribution in [1.82, 2.24) is 14.9 Å². The number of aliphatic hydroxyl groups is 1. The van der Waals surface area contributed by atoms with Crippen LogP contribution < -0.4 is 55.5 Å². The number of H-pyrrole nitrogens is 1. The number of aromatic hydroxyl groups is 1. The molecule has 2 aliphatic rings. The summed E-state index contributed by atoms with van der Waals surface area (Å²) in [5.74, 6) is -3.02. The topological polar surface area (TPSA) is 234 Å². The summed E-state index contributed by atoms with van der Waals surface area (Å²) in [7, 11) is 0. The van der Waals surface area contributed by atoms with E-state index in [1.54, 1.807) is 12.4 Å². The van der Waals surface area contributed by atoms with Gasteiger partial charge in [0.05, 0.1) is 17.4 Å². The fourth-order valence-corrected chi connectivity index (χ4v) is 7.16. The third-order valence-electron chi connectivity index (χ3n) is 6.40. The normalized spacial score (nSPS) is 18.2. The van der Waals surface area contributed by atoms with E-state index in [0.29, 0.717) is 17.9 Å². The number of carboxylic acid groups (broad SMARTS) is 1. The number of nitrogens with one attached hydrogen (secondary N) is 1. The van der Waals surface area contributed by atoms with Crippen molar-refractivity contribution in [2.24, 2.45) is 10.1 Å². The van der Waals surface area contributed by atoms with Crippen LogP contribution in [0.4, 0.5) is 5.13 Å². The summed E-state index contributed by atoms with van der Waals surface area (Å²) in [4.78, 5) is 54.9. The molecule has 3 aromatic heterocycles. The third kappa shape index (κ3) is 7.89. The standard InChI is InChI=1S/C26H25N7O8S3.Na/c27-26-29-16(12-44-26)19(31-41-9-14-7-17(35)18(36)8-28-14)22(37)30-20-23(38)33-21(25(39)40)13(11-43-24(20)33)10-42-15-1-3-32(4-2-15)5-6-34;/h1-4,7-8,12,20,24,34H,5-6,9-11H2,(H5-,27,28,29,30,31,35,36,37,39,40);/q;+1/p-1/t20-,24-;/m1./s1. The van der Waals surface area contributed by atoms with Crippen LogP contribution in [0.3, 0.4) is 0 Å². The summed E-state index contributed by atoms with van der Waals surface area (Å²) in [6, 6.07) is 3.61. The molecule has 0 unspecified atom stereocenters. The maximum atomic E-state index is 13.2. The fourth-order valence-electron chi connectivity index (χ4n) is 4.26. The largest absolute Gasteiger partial charge is 1.00 e. The van der Waals surface area contributed by atoms with Gasteiger partial charge < -0.3 is 40.8 Å². The molecule has 0 spiro atoms. The maximum absolute atomic E-state index is 13.2. The van der Waals surface area contributed by atoms with Crippen LogP contribution in [-0.2, 0) is 27.6 Å². The van der Waals surface area contributed by atoms with E-state index in [1.165, 1.54) is 28.9 Å². The first kappa shape index (κ1) is 34.5. The smallest absolute Gasteiger partial charge is 0.857 e. The number of thiazole rings is 1. The number of nitrogens with zero attached hydrogens (tertiary/aromatic N) is 5. The van der Waals surface area contributed by atoms with Gasteiger partial charge in [0.1, 0.15) is 23.4 Å². The van der Waals surface area contributed by atoms with Crippen LogP contribution in [0.5, 0.6) is 5.75 Å². The molecular formula is C26H24N7NaO8S3. The number of carbonyl (C=O) groups excluding carboxylic acids is 2. The monoisotopic (exact) mass is 681 g/mol. The molecule has 230 valence electrons. The average molecular weight is 682 g/mol. The van der Waals surface area contributed by atoms with Gasteiger partial charge in [0.15, 0.2) is 42.5 Å². The number of hydrogen-bond acceptors (Lipinski definition) is 15. The summed E-state index contributed by atoms with van der Waals surface area (Å²) in [6.07, 6.45) is 4.69. The molecule has 0 aromatic carbocycles. The van der Waals surface area contributed by atoms with Crippen molar-refractivity contribution in [3.8, 4) is 5.75 Å². The second-order valence-corrected chi connectivity index (χ2v) is 12.3. The van der Waals surface area contributed by atoms with Gasteiger partial charge in [0, 0.05) is 52.1 Å². The molecular weight excluding hydrogens is 658 g/mol. The molecule has 0 bridgehead atoms. The number of aromatic amines is 1. The molecule has 15 nitrogen and oxygen atoms in total. The molecule has 5 heterocycles. The van der Waals surface area contributed by atoms with Crippen LogP contribution in [0, 0.1) is 0 Å². The number of nitrogen functional groups attached to an aromatic ring is 1. The summed E-state index contributed by atoms with van der Waals surface area (Å²) < 4.78 is 1.81. The number of aliphatic carboxylic acids is 1. The quantitative estimate of drug-likeness (QED) is 0.0268. The fraction of sp³-hybridized carbons (Fsp3) is 0.269. The van der Waals surface area contributed by atoms with E-state index in [4.69, 9.17) is 15.7 Å². The first-order valence-electron chi connectivity index (χ1n) is 12.8.